The fourth-order valence-corrected chi connectivity index (χ4v) is 5.38. The van der Waals surface area contributed by atoms with E-state index in [2.05, 4.69) is 5.09 Å². The number of benzene rings is 1. The van der Waals surface area contributed by atoms with Gasteiger partial charge in [0, 0.05) is 6.20 Å². The molecule has 1 aromatic carbocycles. The summed E-state index contributed by atoms with van der Waals surface area (Å²) in [5.74, 6) is -2.68. The first-order valence-electron chi connectivity index (χ1n) is 11.7. The normalized spacial score (nSPS) is 27.9. The second kappa shape index (κ2) is 12.4. The quantitative estimate of drug-likeness (QED) is 0.222. The van der Waals surface area contributed by atoms with E-state index in [1.165, 1.54) is 31.2 Å². The molecule has 0 aromatic heterocycles. The van der Waals surface area contributed by atoms with Crippen molar-refractivity contribution >= 4 is 37.0 Å². The lowest BCUT2D eigenvalue weighted by molar-refractivity contribution is -0.199. The summed E-state index contributed by atoms with van der Waals surface area (Å²) < 4.78 is 78.3. The van der Waals surface area contributed by atoms with Gasteiger partial charge in [-0.25, -0.2) is 17.7 Å². The number of alkyl halides is 3. The van der Waals surface area contributed by atoms with E-state index >= 15 is 4.39 Å². The Morgan fingerprint density at radius 3 is 2.51 bits per heavy atom. The van der Waals surface area contributed by atoms with Gasteiger partial charge in [-0.3, -0.25) is 23.8 Å². The van der Waals surface area contributed by atoms with Crippen LogP contribution in [0.5, 0.6) is 5.75 Å². The van der Waals surface area contributed by atoms with Gasteiger partial charge >= 0.3 is 13.7 Å². The minimum Gasteiger partial charge on any atom is -0.462 e. The second-order valence-electron chi connectivity index (χ2n) is 9.04. The highest BCUT2D eigenvalue weighted by atomic mass is 35.5. The number of esters is 1. The van der Waals surface area contributed by atoms with Crippen LogP contribution in [0, 0.1) is 0 Å². The van der Waals surface area contributed by atoms with E-state index in [0.29, 0.717) is 4.90 Å². The fourth-order valence-electron chi connectivity index (χ4n) is 3.67. The number of rotatable bonds is 11. The lowest BCUT2D eigenvalue weighted by Crippen LogP contribution is -2.52. The molecular weight excluding hydrogens is 572 g/mol. The highest BCUT2D eigenvalue weighted by molar-refractivity contribution is 7.52. The van der Waals surface area contributed by atoms with Crippen molar-refractivity contribution in [3.63, 3.8) is 0 Å². The number of ether oxygens (including phenoxy) is 2. The number of allylic oxidation sites excluding steroid dienone is 1. The largest absolute Gasteiger partial charge is 0.462 e. The molecule has 2 aliphatic rings. The summed E-state index contributed by atoms with van der Waals surface area (Å²) in [7, 11) is -4.71. The molecule has 39 heavy (non-hydrogen) atoms. The predicted molar refractivity (Wildman–Crippen MR) is 129 cm³/mol. The summed E-state index contributed by atoms with van der Waals surface area (Å²) in [5, 5.41) is 12.3. The number of para-hydroxylation sites is 1. The monoisotopic (exact) mass is 598 g/mol. The van der Waals surface area contributed by atoms with E-state index in [9.17, 15) is 32.8 Å². The van der Waals surface area contributed by atoms with Crippen LogP contribution < -0.4 is 9.61 Å². The molecule has 1 fully saturated rings. The van der Waals surface area contributed by atoms with Crippen molar-refractivity contribution in [1.82, 2.24) is 9.99 Å². The first-order valence-corrected chi connectivity index (χ1v) is 13.6. The van der Waals surface area contributed by atoms with Crippen LogP contribution in [0.2, 0.25) is 0 Å². The summed E-state index contributed by atoms with van der Waals surface area (Å²) in [6.07, 6.45) is -11.5. The first-order chi connectivity index (χ1) is 18.2. The van der Waals surface area contributed by atoms with Gasteiger partial charge in [0.2, 0.25) is 5.91 Å². The van der Waals surface area contributed by atoms with Crippen LogP contribution in [-0.4, -0.2) is 76.9 Å². The molecule has 0 bridgehead atoms. The van der Waals surface area contributed by atoms with Gasteiger partial charge in [0.1, 0.15) is 22.9 Å². The van der Waals surface area contributed by atoms with E-state index in [0.717, 1.165) is 6.20 Å². The molecule has 216 valence electrons. The maximum Gasteiger partial charge on any atom is 0.459 e. The number of halogens is 4. The van der Waals surface area contributed by atoms with Gasteiger partial charge < -0.3 is 19.1 Å². The van der Waals surface area contributed by atoms with Crippen molar-refractivity contribution in [2.45, 2.75) is 69.9 Å². The first kappa shape index (κ1) is 31.1. The molecule has 0 aliphatic carbocycles. The topological polar surface area (TPSA) is 141 Å². The average Bonchev–Trinajstić information content (AvgIpc) is 3.11. The number of nitrogens with one attached hydrogen (secondary N) is 1. The average molecular weight is 599 g/mol. The van der Waals surface area contributed by atoms with Gasteiger partial charge in [-0.05, 0) is 32.9 Å². The third kappa shape index (κ3) is 7.00. The number of amides is 1. The van der Waals surface area contributed by atoms with Gasteiger partial charge in [0.15, 0.2) is 23.8 Å². The Morgan fingerprint density at radius 1 is 1.28 bits per heavy atom. The second-order valence-corrected chi connectivity index (χ2v) is 11.1. The van der Waals surface area contributed by atoms with Gasteiger partial charge in [0.25, 0.3) is 6.43 Å². The molecule has 1 saturated heterocycles. The standard InChI is InChI=1S/C23H27ClF3N2O9P/c1-12(2)36-21(33)13(3)28-39(34,38-14-7-5-4-6-8-14)35-11-23(22(26)27)19(32)18(25)20(37-23)29-10-15(24)16(30)9-17(29)31/h4-8,10,12-13,18-20,22,32H,9,11H2,1-3H3,(H,28,34)/t13-,18+,19-,20+,23+,39?/m0/s1. The number of hydrogen-bond acceptors (Lipinski definition) is 9. The third-order valence-corrected chi connectivity index (χ3v) is 7.60. The molecule has 11 nitrogen and oxygen atoms in total. The Bertz CT molecular complexity index is 1160. The summed E-state index contributed by atoms with van der Waals surface area (Å²) in [6, 6.07) is 6.05. The van der Waals surface area contributed by atoms with Crippen LogP contribution in [-0.2, 0) is 32.9 Å². The van der Waals surface area contributed by atoms with E-state index in [-0.39, 0.29) is 5.75 Å². The number of aliphatic hydroxyl groups excluding tert-OH is 1. The lowest BCUT2D eigenvalue weighted by atomic mass is 9.97. The van der Waals surface area contributed by atoms with Crippen molar-refractivity contribution in [3.05, 3.63) is 41.6 Å². The van der Waals surface area contributed by atoms with Crippen molar-refractivity contribution in [2.24, 2.45) is 0 Å². The van der Waals surface area contributed by atoms with Gasteiger partial charge in [-0.2, -0.15) is 5.09 Å². The van der Waals surface area contributed by atoms with E-state index in [1.807, 2.05) is 0 Å². The maximum absolute atomic E-state index is 15.1. The number of aliphatic hydroxyl groups is 1. The third-order valence-electron chi connectivity index (χ3n) is 5.66. The van der Waals surface area contributed by atoms with Gasteiger partial charge in [0.05, 0.1) is 19.1 Å². The number of nitrogens with zero attached hydrogens (tertiary/aromatic N) is 1. The Hall–Kier alpha value is -2.48. The fraction of sp³-hybridized carbons (Fsp3) is 0.522. The van der Waals surface area contributed by atoms with Crippen molar-refractivity contribution in [3.8, 4) is 5.75 Å². The Balaban J connectivity index is 1.88. The highest BCUT2D eigenvalue weighted by Crippen LogP contribution is 2.49. The zero-order valence-corrected chi connectivity index (χ0v) is 22.6. The van der Waals surface area contributed by atoms with Crippen LogP contribution in [0.15, 0.2) is 41.6 Å². The smallest absolute Gasteiger partial charge is 0.459 e. The van der Waals surface area contributed by atoms with Crippen molar-refractivity contribution in [1.29, 1.82) is 0 Å². The minimum absolute atomic E-state index is 0.0404. The molecule has 2 heterocycles. The molecule has 16 heteroatoms. The number of carbonyl (C=O) groups excluding carboxylic acids is 3. The van der Waals surface area contributed by atoms with Crippen molar-refractivity contribution in [2.75, 3.05) is 6.61 Å². The summed E-state index contributed by atoms with van der Waals surface area (Å²) in [4.78, 5) is 36.7. The van der Waals surface area contributed by atoms with E-state index < -0.39 is 86.1 Å². The van der Waals surface area contributed by atoms with Crippen LogP contribution in [0.3, 0.4) is 0 Å². The molecule has 2 N–H and O–H groups in total. The Kier molecular flexibility index (Phi) is 9.84. The van der Waals surface area contributed by atoms with Crippen LogP contribution in [0.1, 0.15) is 27.2 Å². The number of carbonyl (C=O) groups is 3. The molecule has 3 rings (SSSR count). The van der Waals surface area contributed by atoms with Crippen molar-refractivity contribution < 1.29 is 55.7 Å². The summed E-state index contributed by atoms with van der Waals surface area (Å²) >= 11 is 5.73. The molecule has 1 aromatic rings. The van der Waals surface area contributed by atoms with Gasteiger partial charge in [-0.15, -0.1) is 0 Å². The van der Waals surface area contributed by atoms with Crippen LogP contribution in [0.4, 0.5) is 13.2 Å². The maximum atomic E-state index is 15.1. The minimum atomic E-state index is -4.71. The molecular formula is C23H27ClF3N2O9P. The molecule has 2 aliphatic heterocycles. The highest BCUT2D eigenvalue weighted by Gasteiger charge is 2.63. The zero-order chi connectivity index (χ0) is 29.1. The van der Waals surface area contributed by atoms with E-state index in [4.69, 9.17) is 30.1 Å². The molecule has 1 amide bonds. The Morgan fingerprint density at radius 2 is 1.92 bits per heavy atom. The lowest BCUT2D eigenvalue weighted by Gasteiger charge is -2.33. The van der Waals surface area contributed by atoms with Crippen LogP contribution in [0.25, 0.3) is 0 Å². The zero-order valence-electron chi connectivity index (χ0n) is 21.0. The predicted octanol–water partition coefficient (Wildman–Crippen LogP) is 3.06. The van der Waals surface area contributed by atoms with E-state index in [1.54, 1.807) is 19.9 Å². The van der Waals surface area contributed by atoms with Crippen LogP contribution >= 0.6 is 19.3 Å². The summed E-state index contributed by atoms with van der Waals surface area (Å²) in [5.41, 5.74) is -3.15. The molecule has 0 spiro atoms. The molecule has 1 unspecified atom stereocenters. The summed E-state index contributed by atoms with van der Waals surface area (Å²) in [6.45, 7) is 2.99. The Labute approximate surface area is 226 Å². The van der Waals surface area contributed by atoms with Gasteiger partial charge in [-0.1, -0.05) is 29.8 Å². The number of Topliss-reactive ketones (excluding diaryl/α,β-unsaturated/α-hetero) is 1. The molecule has 0 radical (unpaired) electrons. The molecule has 6 atom stereocenters. The number of ketones is 1. The SMILES string of the molecule is CC(C)OC(=O)[C@H](C)NP(=O)(OC[C@@]1(C(F)F)O[C@@H](N2C=C(Cl)C(=O)CC2=O)[C@H](F)[C@@H]1O)Oc1ccccc1. The molecule has 0 saturated carbocycles. The number of hydrogen-bond donors (Lipinski definition) is 2.